The Morgan fingerprint density at radius 2 is 2.12 bits per heavy atom. The van der Waals surface area contributed by atoms with Gasteiger partial charge < -0.3 is 10.5 Å². The maximum Gasteiger partial charge on any atom is 0.122 e. The van der Waals surface area contributed by atoms with E-state index in [1.165, 1.54) is 31.2 Å². The minimum Gasteiger partial charge on any atom is -0.493 e. The van der Waals surface area contributed by atoms with Gasteiger partial charge in [-0.2, -0.15) is 0 Å². The first-order valence-corrected chi connectivity index (χ1v) is 6.32. The van der Waals surface area contributed by atoms with E-state index >= 15 is 0 Å². The second-order valence-corrected chi connectivity index (χ2v) is 5.15. The van der Waals surface area contributed by atoms with Crippen LogP contribution in [0.3, 0.4) is 0 Å². The largest absolute Gasteiger partial charge is 0.493 e. The molecule has 1 aliphatic carbocycles. The van der Waals surface area contributed by atoms with E-state index < -0.39 is 0 Å². The van der Waals surface area contributed by atoms with Crippen LogP contribution in [0.5, 0.6) is 5.75 Å². The van der Waals surface area contributed by atoms with Crippen molar-refractivity contribution < 1.29 is 4.74 Å². The van der Waals surface area contributed by atoms with Crippen LogP contribution in [0.25, 0.3) is 0 Å². The lowest BCUT2D eigenvalue weighted by Gasteiger charge is -2.30. The van der Waals surface area contributed by atoms with E-state index in [4.69, 9.17) is 10.5 Å². The van der Waals surface area contributed by atoms with Crippen LogP contribution >= 0.6 is 0 Å². The van der Waals surface area contributed by atoms with Crippen molar-refractivity contribution in [3.63, 3.8) is 0 Å². The number of fused-ring (bicyclic) bond motifs is 1. The van der Waals surface area contributed by atoms with Crippen molar-refractivity contribution in [3.8, 4) is 5.75 Å². The molecule has 2 heteroatoms. The zero-order valence-electron chi connectivity index (χ0n) is 9.56. The van der Waals surface area contributed by atoms with Gasteiger partial charge in [0.25, 0.3) is 0 Å². The lowest BCUT2D eigenvalue weighted by molar-refractivity contribution is 0.245. The molecule has 2 N–H and O–H groups in total. The molecular weight excluding hydrogens is 198 g/mol. The van der Waals surface area contributed by atoms with Gasteiger partial charge in [-0.1, -0.05) is 37.5 Å². The lowest BCUT2D eigenvalue weighted by atomic mass is 9.78. The second-order valence-electron chi connectivity index (χ2n) is 5.15. The minimum absolute atomic E-state index is 0.272. The molecule has 1 saturated carbocycles. The molecule has 2 atom stereocenters. The van der Waals surface area contributed by atoms with Crippen molar-refractivity contribution >= 4 is 0 Å². The van der Waals surface area contributed by atoms with E-state index in [9.17, 15) is 0 Å². The van der Waals surface area contributed by atoms with Crippen molar-refractivity contribution in [1.82, 2.24) is 0 Å². The highest BCUT2D eigenvalue weighted by Crippen LogP contribution is 2.39. The van der Waals surface area contributed by atoms with E-state index in [2.05, 4.69) is 12.1 Å². The van der Waals surface area contributed by atoms with Crippen LogP contribution < -0.4 is 10.5 Å². The normalized spacial score (nSPS) is 25.7. The summed E-state index contributed by atoms with van der Waals surface area (Å²) in [6.07, 6.45) is 5.32. The van der Waals surface area contributed by atoms with Crippen molar-refractivity contribution in [3.05, 3.63) is 29.8 Å². The zero-order chi connectivity index (χ0) is 11.0. The summed E-state index contributed by atoms with van der Waals surface area (Å²) in [7, 11) is 0. The van der Waals surface area contributed by atoms with Crippen LogP contribution in [0.2, 0.25) is 0 Å². The maximum absolute atomic E-state index is 6.32. The lowest BCUT2D eigenvalue weighted by Crippen LogP contribution is -2.33. The van der Waals surface area contributed by atoms with Crippen molar-refractivity contribution in [2.24, 2.45) is 11.7 Å². The summed E-state index contributed by atoms with van der Waals surface area (Å²) in [5.41, 5.74) is 7.64. The minimum atomic E-state index is 0.272. The van der Waals surface area contributed by atoms with Crippen LogP contribution in [0, 0.1) is 5.92 Å². The number of rotatable bonds is 3. The summed E-state index contributed by atoms with van der Waals surface area (Å²) < 4.78 is 5.69. The molecule has 0 aromatic heterocycles. The predicted octanol–water partition coefficient (Wildman–Crippen LogP) is 2.68. The molecule has 86 valence electrons. The summed E-state index contributed by atoms with van der Waals surface area (Å²) in [5, 5.41) is 0. The number of para-hydroxylation sites is 1. The molecule has 0 bridgehead atoms. The van der Waals surface area contributed by atoms with Crippen LogP contribution in [0.4, 0.5) is 0 Å². The average molecular weight is 217 g/mol. The molecule has 0 saturated heterocycles. The van der Waals surface area contributed by atoms with E-state index in [1.807, 2.05) is 12.1 Å². The van der Waals surface area contributed by atoms with E-state index in [-0.39, 0.29) is 6.04 Å². The monoisotopic (exact) mass is 217 g/mol. The summed E-state index contributed by atoms with van der Waals surface area (Å²) >= 11 is 0. The topological polar surface area (TPSA) is 35.2 Å². The van der Waals surface area contributed by atoms with Gasteiger partial charge >= 0.3 is 0 Å². The third-order valence-electron chi connectivity index (χ3n) is 4.08. The average Bonchev–Trinajstić information content (AvgIpc) is 2.67. The van der Waals surface area contributed by atoms with E-state index in [0.717, 1.165) is 18.3 Å². The molecule has 0 spiro atoms. The van der Waals surface area contributed by atoms with Crippen molar-refractivity contribution in [1.29, 1.82) is 0 Å². The smallest absolute Gasteiger partial charge is 0.122 e. The van der Waals surface area contributed by atoms with Gasteiger partial charge in [-0.3, -0.25) is 0 Å². The second kappa shape index (κ2) is 4.10. The van der Waals surface area contributed by atoms with Gasteiger partial charge in [-0.05, 0) is 18.4 Å². The Kier molecular flexibility index (Phi) is 2.60. The highest BCUT2D eigenvalue weighted by molar-refractivity contribution is 5.40. The van der Waals surface area contributed by atoms with Crippen molar-refractivity contribution in [2.45, 2.75) is 37.6 Å². The number of hydrogen-bond donors (Lipinski definition) is 1. The van der Waals surface area contributed by atoms with Gasteiger partial charge in [-0.25, -0.2) is 0 Å². The number of ether oxygens (including phenoxy) is 1. The highest BCUT2D eigenvalue weighted by atomic mass is 16.5. The van der Waals surface area contributed by atoms with Crippen LogP contribution in [-0.2, 0) is 0 Å². The van der Waals surface area contributed by atoms with Crippen molar-refractivity contribution in [2.75, 3.05) is 6.61 Å². The van der Waals surface area contributed by atoms with Gasteiger partial charge in [-0.15, -0.1) is 0 Å². The Morgan fingerprint density at radius 1 is 1.31 bits per heavy atom. The number of nitrogens with two attached hydrogens (primary N) is 1. The highest BCUT2D eigenvalue weighted by Gasteiger charge is 2.31. The Balaban J connectivity index is 1.71. The van der Waals surface area contributed by atoms with Gasteiger partial charge in [0.15, 0.2) is 0 Å². The maximum atomic E-state index is 6.32. The Hall–Kier alpha value is -1.02. The molecule has 0 radical (unpaired) electrons. The van der Waals surface area contributed by atoms with Gasteiger partial charge in [0.1, 0.15) is 5.75 Å². The molecule has 1 heterocycles. The molecule has 1 aromatic rings. The summed E-state index contributed by atoms with van der Waals surface area (Å²) in [6.45, 7) is 0.771. The summed E-state index contributed by atoms with van der Waals surface area (Å²) in [4.78, 5) is 0. The number of benzene rings is 1. The molecular formula is C14H19NO. The fourth-order valence-corrected chi connectivity index (χ4v) is 2.82. The molecule has 2 nitrogen and oxygen atoms in total. The molecule has 2 aliphatic rings. The first kappa shape index (κ1) is 10.2. The quantitative estimate of drug-likeness (QED) is 0.844. The third-order valence-corrected chi connectivity index (χ3v) is 4.08. The number of hydrogen-bond acceptors (Lipinski definition) is 2. The standard InChI is InChI=1S/C14H19NO/c15-13(8-10-4-3-5-10)12-9-16-14-7-2-1-6-11(12)14/h1-2,6-7,10,12-13H,3-5,8-9,15H2. The van der Waals surface area contributed by atoms with Crippen LogP contribution in [0.15, 0.2) is 24.3 Å². The van der Waals surface area contributed by atoms with E-state index in [0.29, 0.717) is 5.92 Å². The fraction of sp³-hybridized carbons (Fsp3) is 0.571. The molecule has 2 unspecified atom stereocenters. The molecule has 16 heavy (non-hydrogen) atoms. The van der Waals surface area contributed by atoms with Crippen LogP contribution in [0.1, 0.15) is 37.2 Å². The Morgan fingerprint density at radius 3 is 2.88 bits per heavy atom. The van der Waals surface area contributed by atoms with Crippen LogP contribution in [-0.4, -0.2) is 12.6 Å². The van der Waals surface area contributed by atoms with Gasteiger partial charge in [0.2, 0.25) is 0 Å². The van der Waals surface area contributed by atoms with Gasteiger partial charge in [0.05, 0.1) is 6.61 Å². The predicted molar refractivity (Wildman–Crippen MR) is 64.6 cm³/mol. The molecule has 0 amide bonds. The summed E-state index contributed by atoms with van der Waals surface area (Å²) in [6, 6.07) is 8.59. The molecule has 1 fully saturated rings. The zero-order valence-corrected chi connectivity index (χ0v) is 9.56. The summed E-state index contributed by atoms with van der Waals surface area (Å²) in [5.74, 6) is 2.33. The Bertz CT molecular complexity index is 373. The first-order valence-electron chi connectivity index (χ1n) is 6.32. The molecule has 3 rings (SSSR count). The SMILES string of the molecule is NC(CC1CCC1)C1COc2ccccc21. The fourth-order valence-electron chi connectivity index (χ4n) is 2.82. The van der Waals surface area contributed by atoms with Gasteiger partial charge in [0, 0.05) is 17.5 Å². The first-order chi connectivity index (χ1) is 7.84. The molecule has 1 aromatic carbocycles. The third kappa shape index (κ3) is 1.71. The van der Waals surface area contributed by atoms with E-state index in [1.54, 1.807) is 0 Å². The Labute approximate surface area is 96.8 Å². The molecule has 1 aliphatic heterocycles.